The molecule has 1 aliphatic rings. The van der Waals surface area contributed by atoms with Crippen LogP contribution in [0.3, 0.4) is 0 Å². The summed E-state index contributed by atoms with van der Waals surface area (Å²) in [6.45, 7) is 3.08. The van der Waals surface area contributed by atoms with Crippen LogP contribution in [0.1, 0.15) is 50.0 Å². The summed E-state index contributed by atoms with van der Waals surface area (Å²) in [6.07, 6.45) is 3.69. The molecule has 154 valence electrons. The van der Waals surface area contributed by atoms with Crippen molar-refractivity contribution in [1.29, 1.82) is 0 Å². The normalized spacial score (nSPS) is 16.3. The van der Waals surface area contributed by atoms with Crippen molar-refractivity contribution in [3.8, 4) is 0 Å². The van der Waals surface area contributed by atoms with Crippen molar-refractivity contribution >= 4 is 28.8 Å². The third-order valence-electron chi connectivity index (χ3n) is 5.37. The number of para-hydroxylation sites is 1. The third kappa shape index (κ3) is 4.11. The van der Waals surface area contributed by atoms with E-state index in [4.69, 9.17) is 0 Å². The minimum absolute atomic E-state index is 0.0547. The number of rotatable bonds is 4. The van der Waals surface area contributed by atoms with Gasteiger partial charge in [0.05, 0.1) is 21.8 Å². The van der Waals surface area contributed by atoms with Gasteiger partial charge in [-0.3, -0.25) is 9.59 Å². The Balaban J connectivity index is 1.58. The van der Waals surface area contributed by atoms with E-state index in [1.165, 1.54) is 18.2 Å². The molecule has 0 saturated carbocycles. The molecule has 1 aliphatic heterocycles. The van der Waals surface area contributed by atoms with Crippen molar-refractivity contribution in [2.24, 2.45) is 0 Å². The highest BCUT2D eigenvalue weighted by Crippen LogP contribution is 2.30. The van der Waals surface area contributed by atoms with Gasteiger partial charge in [-0.1, -0.05) is 24.3 Å². The molecule has 3 aromatic rings. The van der Waals surface area contributed by atoms with Gasteiger partial charge in [0, 0.05) is 30.6 Å². The highest BCUT2D eigenvalue weighted by Gasteiger charge is 2.28. The van der Waals surface area contributed by atoms with Gasteiger partial charge in [0.25, 0.3) is 11.8 Å². The summed E-state index contributed by atoms with van der Waals surface area (Å²) in [5.41, 5.74) is 1.53. The third-order valence-corrected chi connectivity index (χ3v) is 6.31. The SMILES string of the molecule is Cc1cccc(C(=O)N2CCCC(c3nccs3)C2)c1NC(=O)c1ccccc1F. The molecule has 0 bridgehead atoms. The first-order chi connectivity index (χ1) is 14.5. The summed E-state index contributed by atoms with van der Waals surface area (Å²) in [5, 5.41) is 5.76. The van der Waals surface area contributed by atoms with Crippen molar-refractivity contribution in [3.05, 3.63) is 81.6 Å². The second-order valence-electron chi connectivity index (χ2n) is 7.39. The van der Waals surface area contributed by atoms with Crippen LogP contribution in [0.25, 0.3) is 0 Å². The number of aryl methyl sites for hydroxylation is 1. The van der Waals surface area contributed by atoms with Crippen molar-refractivity contribution in [3.63, 3.8) is 0 Å². The van der Waals surface area contributed by atoms with Crippen LogP contribution in [0.2, 0.25) is 0 Å². The van der Waals surface area contributed by atoms with E-state index < -0.39 is 11.7 Å². The number of carbonyl (C=O) groups is 2. The van der Waals surface area contributed by atoms with Gasteiger partial charge in [0.15, 0.2) is 0 Å². The zero-order valence-corrected chi connectivity index (χ0v) is 17.4. The van der Waals surface area contributed by atoms with Gasteiger partial charge in [-0.2, -0.15) is 0 Å². The summed E-state index contributed by atoms with van der Waals surface area (Å²) in [4.78, 5) is 32.2. The van der Waals surface area contributed by atoms with Crippen molar-refractivity contribution in [2.75, 3.05) is 18.4 Å². The lowest BCUT2D eigenvalue weighted by molar-refractivity contribution is 0.0708. The van der Waals surface area contributed by atoms with Crippen LogP contribution in [0, 0.1) is 12.7 Å². The van der Waals surface area contributed by atoms with E-state index in [1.807, 2.05) is 23.3 Å². The number of nitrogens with zero attached hydrogens (tertiary/aromatic N) is 2. The maximum atomic E-state index is 14.0. The van der Waals surface area contributed by atoms with Crippen molar-refractivity contribution in [1.82, 2.24) is 9.88 Å². The first kappa shape index (κ1) is 20.2. The molecular formula is C23H22FN3O2S. The number of likely N-dealkylation sites (tertiary alicyclic amines) is 1. The average Bonchev–Trinajstić information content (AvgIpc) is 3.30. The first-order valence-corrected chi connectivity index (χ1v) is 10.8. The van der Waals surface area contributed by atoms with Crippen molar-refractivity contribution < 1.29 is 14.0 Å². The molecule has 2 aromatic carbocycles. The molecule has 0 aliphatic carbocycles. The Bertz CT molecular complexity index is 1070. The maximum Gasteiger partial charge on any atom is 0.258 e. The van der Waals surface area contributed by atoms with Gasteiger partial charge in [-0.05, 0) is 43.5 Å². The molecule has 7 heteroatoms. The number of nitrogens with one attached hydrogen (secondary N) is 1. The Kier molecular flexibility index (Phi) is 5.90. The van der Waals surface area contributed by atoms with Crippen LogP contribution in [-0.4, -0.2) is 34.8 Å². The predicted octanol–water partition coefficient (Wildman–Crippen LogP) is 4.86. The molecule has 2 heterocycles. The van der Waals surface area contributed by atoms with E-state index in [-0.39, 0.29) is 17.4 Å². The Morgan fingerprint density at radius 2 is 1.97 bits per heavy atom. The number of anilines is 1. The number of piperidine rings is 1. The number of aromatic nitrogens is 1. The summed E-state index contributed by atoms with van der Waals surface area (Å²) in [7, 11) is 0. The van der Waals surface area contributed by atoms with Gasteiger partial charge in [-0.25, -0.2) is 9.37 Å². The summed E-state index contributed by atoms with van der Waals surface area (Å²) >= 11 is 1.61. The summed E-state index contributed by atoms with van der Waals surface area (Å²) in [5.74, 6) is -1.08. The number of carbonyl (C=O) groups excluding carboxylic acids is 2. The first-order valence-electron chi connectivity index (χ1n) is 9.88. The van der Waals surface area contributed by atoms with Gasteiger partial charge < -0.3 is 10.2 Å². The number of hydrogen-bond donors (Lipinski definition) is 1. The molecule has 2 amide bonds. The lowest BCUT2D eigenvalue weighted by Crippen LogP contribution is -2.39. The molecular weight excluding hydrogens is 401 g/mol. The van der Waals surface area contributed by atoms with Crippen LogP contribution >= 0.6 is 11.3 Å². The molecule has 4 rings (SSSR count). The minimum Gasteiger partial charge on any atom is -0.338 e. The zero-order chi connectivity index (χ0) is 21.1. The van der Waals surface area contributed by atoms with E-state index in [1.54, 1.807) is 35.7 Å². The predicted molar refractivity (Wildman–Crippen MR) is 116 cm³/mol. The Labute approximate surface area is 178 Å². The fourth-order valence-corrected chi connectivity index (χ4v) is 4.58. The Morgan fingerprint density at radius 1 is 1.17 bits per heavy atom. The van der Waals surface area contributed by atoms with Crippen molar-refractivity contribution in [2.45, 2.75) is 25.7 Å². The highest BCUT2D eigenvalue weighted by molar-refractivity contribution is 7.09. The monoisotopic (exact) mass is 423 g/mol. The fourth-order valence-electron chi connectivity index (χ4n) is 3.81. The molecule has 1 atom stereocenters. The molecule has 0 spiro atoms. The number of benzene rings is 2. The molecule has 1 fully saturated rings. The van der Waals surface area contributed by atoms with Gasteiger partial charge in [0.2, 0.25) is 0 Å². The largest absolute Gasteiger partial charge is 0.338 e. The van der Waals surface area contributed by atoms with Crippen LogP contribution < -0.4 is 5.32 Å². The quantitative estimate of drug-likeness (QED) is 0.652. The lowest BCUT2D eigenvalue weighted by Gasteiger charge is -2.32. The molecule has 30 heavy (non-hydrogen) atoms. The summed E-state index contributed by atoms with van der Waals surface area (Å²) < 4.78 is 14.0. The number of halogens is 1. The van der Waals surface area contributed by atoms with Crippen LogP contribution in [0.4, 0.5) is 10.1 Å². The van der Waals surface area contributed by atoms with Crippen LogP contribution in [0.15, 0.2) is 54.0 Å². The zero-order valence-electron chi connectivity index (χ0n) is 16.6. The number of hydrogen-bond acceptors (Lipinski definition) is 4. The molecule has 1 saturated heterocycles. The average molecular weight is 424 g/mol. The minimum atomic E-state index is -0.598. The molecule has 0 radical (unpaired) electrons. The number of amides is 2. The molecule has 1 unspecified atom stereocenters. The highest BCUT2D eigenvalue weighted by atomic mass is 32.1. The second kappa shape index (κ2) is 8.75. The molecule has 1 N–H and O–H groups in total. The van der Waals surface area contributed by atoms with Crippen LogP contribution in [0.5, 0.6) is 0 Å². The van der Waals surface area contributed by atoms with E-state index >= 15 is 0 Å². The Morgan fingerprint density at radius 3 is 2.73 bits per heavy atom. The topological polar surface area (TPSA) is 62.3 Å². The second-order valence-corrected chi connectivity index (χ2v) is 8.32. The van der Waals surface area contributed by atoms with Crippen LogP contribution in [-0.2, 0) is 0 Å². The smallest absolute Gasteiger partial charge is 0.258 e. The molecule has 1 aromatic heterocycles. The van der Waals surface area contributed by atoms with E-state index in [2.05, 4.69) is 10.3 Å². The van der Waals surface area contributed by atoms with Gasteiger partial charge in [-0.15, -0.1) is 11.3 Å². The number of thiazole rings is 1. The van der Waals surface area contributed by atoms with Gasteiger partial charge in [0.1, 0.15) is 5.82 Å². The lowest BCUT2D eigenvalue weighted by atomic mass is 9.97. The van der Waals surface area contributed by atoms with E-state index in [0.717, 1.165) is 23.4 Å². The van der Waals surface area contributed by atoms with Gasteiger partial charge >= 0.3 is 0 Å². The van der Waals surface area contributed by atoms with E-state index in [9.17, 15) is 14.0 Å². The fraction of sp³-hybridized carbons (Fsp3) is 0.261. The maximum absolute atomic E-state index is 14.0. The molecule has 5 nitrogen and oxygen atoms in total. The standard InChI is InChI=1S/C23H22FN3O2S/c1-15-6-4-9-18(20(15)26-21(28)17-8-2-3-10-19(17)24)23(29)27-12-5-7-16(14-27)22-25-11-13-30-22/h2-4,6,8-11,13,16H,5,7,12,14H2,1H3,(H,26,28). The summed E-state index contributed by atoms with van der Waals surface area (Å²) in [6, 6.07) is 11.1. The van der Waals surface area contributed by atoms with E-state index in [0.29, 0.717) is 24.3 Å². The Hall–Kier alpha value is -3.06.